The van der Waals surface area contributed by atoms with Crippen molar-refractivity contribution in [1.82, 2.24) is 10.2 Å². The maximum Gasteiger partial charge on any atom is 0.240 e. The number of halogens is 3. The molecule has 3 nitrogen and oxygen atoms in total. The molecule has 0 unspecified atom stereocenters. The first-order valence-corrected chi connectivity index (χ1v) is 6.68. The van der Waals surface area contributed by atoms with E-state index in [1.165, 1.54) is 19.2 Å². The predicted molar refractivity (Wildman–Crippen MR) is 70.8 cm³/mol. The van der Waals surface area contributed by atoms with E-state index in [9.17, 15) is 13.2 Å². The van der Waals surface area contributed by atoms with Crippen molar-refractivity contribution in [2.45, 2.75) is 18.9 Å². The predicted octanol–water partition coefficient (Wildman–Crippen LogP) is 2.44. The van der Waals surface area contributed by atoms with Crippen LogP contribution in [0.2, 0.25) is 0 Å². The van der Waals surface area contributed by atoms with Crippen LogP contribution in [0.3, 0.4) is 0 Å². The molecule has 1 aliphatic rings. The summed E-state index contributed by atoms with van der Waals surface area (Å²) in [4.78, 5) is 1.89. The van der Waals surface area contributed by atoms with Crippen molar-refractivity contribution in [3.63, 3.8) is 0 Å². The maximum absolute atomic E-state index is 14.1. The summed E-state index contributed by atoms with van der Waals surface area (Å²) in [5.41, 5.74) is 0.234. The molecule has 0 spiro atoms. The van der Waals surface area contributed by atoms with E-state index in [0.29, 0.717) is 18.8 Å². The Hall–Kier alpha value is -1.27. The standard InChI is InChI=1S/C14H19F3N2O/c1-20-12-4-2-3-10(15)14(12)11(9-13(16)17)19-7-5-18-6-8-19/h2-4,11,13,18H,5-9H2,1H3/t11-/m1/s1. The van der Waals surface area contributed by atoms with Crippen LogP contribution in [0.25, 0.3) is 0 Å². The van der Waals surface area contributed by atoms with Crippen LogP contribution in [0.1, 0.15) is 18.0 Å². The molecule has 20 heavy (non-hydrogen) atoms. The van der Waals surface area contributed by atoms with Gasteiger partial charge in [-0.3, -0.25) is 4.90 Å². The minimum atomic E-state index is -2.49. The summed E-state index contributed by atoms with van der Waals surface area (Å²) in [5, 5.41) is 3.16. The molecule has 0 saturated carbocycles. The number of ether oxygens (including phenoxy) is 1. The summed E-state index contributed by atoms with van der Waals surface area (Å²) in [6.07, 6.45) is -2.88. The Balaban J connectivity index is 2.34. The van der Waals surface area contributed by atoms with E-state index in [-0.39, 0.29) is 5.56 Å². The zero-order valence-corrected chi connectivity index (χ0v) is 11.4. The van der Waals surface area contributed by atoms with Gasteiger partial charge in [-0.1, -0.05) is 6.07 Å². The van der Waals surface area contributed by atoms with Crippen LogP contribution < -0.4 is 10.1 Å². The number of benzene rings is 1. The molecule has 0 aliphatic carbocycles. The number of alkyl halides is 2. The highest BCUT2D eigenvalue weighted by atomic mass is 19.3. The average Bonchev–Trinajstić information content (AvgIpc) is 2.45. The molecule has 6 heteroatoms. The van der Waals surface area contributed by atoms with Crippen LogP contribution in [0.5, 0.6) is 5.75 Å². The monoisotopic (exact) mass is 288 g/mol. The zero-order valence-electron chi connectivity index (χ0n) is 11.4. The summed E-state index contributed by atoms with van der Waals surface area (Å²) in [5.74, 6) is -0.164. The first-order chi connectivity index (χ1) is 9.63. The molecule has 1 aromatic rings. The Bertz CT molecular complexity index is 436. The van der Waals surface area contributed by atoms with Crippen LogP contribution in [0.4, 0.5) is 13.2 Å². The third-order valence-corrected chi connectivity index (χ3v) is 3.56. The Kier molecular flexibility index (Phi) is 5.25. The van der Waals surface area contributed by atoms with Crippen molar-refractivity contribution in [2.75, 3.05) is 33.3 Å². The number of hydrogen-bond donors (Lipinski definition) is 1. The SMILES string of the molecule is COc1cccc(F)c1[C@@H](CC(F)F)N1CCNCC1. The molecule has 1 heterocycles. The second-order valence-electron chi connectivity index (χ2n) is 4.78. The van der Waals surface area contributed by atoms with E-state index >= 15 is 0 Å². The van der Waals surface area contributed by atoms with Crippen molar-refractivity contribution < 1.29 is 17.9 Å². The summed E-state index contributed by atoms with van der Waals surface area (Å²) < 4.78 is 45.1. The second kappa shape index (κ2) is 6.95. The number of rotatable bonds is 5. The highest BCUT2D eigenvalue weighted by Crippen LogP contribution is 2.35. The van der Waals surface area contributed by atoms with Gasteiger partial charge in [-0.05, 0) is 12.1 Å². The minimum absolute atomic E-state index is 0.234. The molecule has 0 bridgehead atoms. The molecule has 1 aliphatic heterocycles. The van der Waals surface area contributed by atoms with Gasteiger partial charge in [0.2, 0.25) is 6.43 Å². The van der Waals surface area contributed by atoms with Gasteiger partial charge in [-0.15, -0.1) is 0 Å². The zero-order chi connectivity index (χ0) is 14.5. The van der Waals surface area contributed by atoms with Gasteiger partial charge in [0.1, 0.15) is 11.6 Å². The molecule has 0 amide bonds. The fourth-order valence-corrected chi connectivity index (χ4v) is 2.63. The van der Waals surface area contributed by atoms with Gasteiger partial charge in [-0.25, -0.2) is 13.2 Å². The highest BCUT2D eigenvalue weighted by Gasteiger charge is 2.30. The molecular weight excluding hydrogens is 269 g/mol. The molecule has 112 valence electrons. The summed E-state index contributed by atoms with van der Waals surface area (Å²) in [7, 11) is 1.43. The van der Waals surface area contributed by atoms with Crippen LogP contribution in [0, 0.1) is 5.82 Å². The Morgan fingerprint density at radius 3 is 2.60 bits per heavy atom. The Morgan fingerprint density at radius 2 is 2.00 bits per heavy atom. The second-order valence-corrected chi connectivity index (χ2v) is 4.78. The molecular formula is C14H19F3N2O. The molecule has 1 atom stereocenters. The van der Waals surface area contributed by atoms with Crippen LogP contribution in [-0.2, 0) is 0 Å². The van der Waals surface area contributed by atoms with E-state index in [1.807, 2.05) is 4.90 Å². The van der Waals surface area contributed by atoms with E-state index in [1.54, 1.807) is 6.07 Å². The number of methoxy groups -OCH3 is 1. The van der Waals surface area contributed by atoms with Gasteiger partial charge in [0.15, 0.2) is 0 Å². The first-order valence-electron chi connectivity index (χ1n) is 6.68. The van der Waals surface area contributed by atoms with Gasteiger partial charge < -0.3 is 10.1 Å². The Labute approximate surface area is 116 Å². The summed E-state index contributed by atoms with van der Waals surface area (Å²) >= 11 is 0. The van der Waals surface area contributed by atoms with Crippen molar-refractivity contribution in [2.24, 2.45) is 0 Å². The lowest BCUT2D eigenvalue weighted by atomic mass is 9.99. The van der Waals surface area contributed by atoms with Crippen molar-refractivity contribution in [3.05, 3.63) is 29.6 Å². The van der Waals surface area contributed by atoms with E-state index < -0.39 is 24.7 Å². The molecule has 1 N–H and O–H groups in total. The van der Waals surface area contributed by atoms with Crippen LogP contribution in [-0.4, -0.2) is 44.6 Å². The van der Waals surface area contributed by atoms with Gasteiger partial charge >= 0.3 is 0 Å². The van der Waals surface area contributed by atoms with E-state index in [2.05, 4.69) is 5.32 Å². The smallest absolute Gasteiger partial charge is 0.240 e. The first kappa shape index (κ1) is 15.1. The number of nitrogens with one attached hydrogen (secondary N) is 1. The lowest BCUT2D eigenvalue weighted by molar-refractivity contribution is 0.0714. The molecule has 1 fully saturated rings. The molecule has 0 radical (unpaired) electrons. The number of hydrogen-bond acceptors (Lipinski definition) is 3. The molecule has 0 aromatic heterocycles. The van der Waals surface area contributed by atoms with Crippen LogP contribution in [0.15, 0.2) is 18.2 Å². The van der Waals surface area contributed by atoms with E-state index in [4.69, 9.17) is 4.74 Å². The topological polar surface area (TPSA) is 24.5 Å². The van der Waals surface area contributed by atoms with Crippen LogP contribution >= 0.6 is 0 Å². The largest absolute Gasteiger partial charge is 0.496 e. The fraction of sp³-hybridized carbons (Fsp3) is 0.571. The summed E-state index contributed by atoms with van der Waals surface area (Å²) in [6.45, 7) is 2.68. The molecule has 1 saturated heterocycles. The van der Waals surface area contributed by atoms with Gasteiger partial charge in [-0.2, -0.15) is 0 Å². The van der Waals surface area contributed by atoms with E-state index in [0.717, 1.165) is 13.1 Å². The van der Waals surface area contributed by atoms with Gasteiger partial charge in [0.05, 0.1) is 7.11 Å². The quantitative estimate of drug-likeness (QED) is 0.900. The normalized spacial score (nSPS) is 18.2. The lowest BCUT2D eigenvalue weighted by Crippen LogP contribution is -2.45. The van der Waals surface area contributed by atoms with Crippen molar-refractivity contribution in [3.8, 4) is 5.75 Å². The molecule has 2 rings (SSSR count). The average molecular weight is 288 g/mol. The fourth-order valence-electron chi connectivity index (χ4n) is 2.63. The maximum atomic E-state index is 14.1. The lowest BCUT2D eigenvalue weighted by Gasteiger charge is -2.35. The third-order valence-electron chi connectivity index (χ3n) is 3.56. The third kappa shape index (κ3) is 3.43. The summed E-state index contributed by atoms with van der Waals surface area (Å²) in [6, 6.07) is 3.76. The van der Waals surface area contributed by atoms with Crippen molar-refractivity contribution in [1.29, 1.82) is 0 Å². The minimum Gasteiger partial charge on any atom is -0.496 e. The highest BCUT2D eigenvalue weighted by molar-refractivity contribution is 5.37. The van der Waals surface area contributed by atoms with Crippen molar-refractivity contribution >= 4 is 0 Å². The number of piperazine rings is 1. The molecule has 1 aromatic carbocycles. The number of nitrogens with zero attached hydrogens (tertiary/aromatic N) is 1. The van der Waals surface area contributed by atoms with Gasteiger partial charge in [0.25, 0.3) is 0 Å². The van der Waals surface area contributed by atoms with Gasteiger partial charge in [0, 0.05) is 44.2 Å². The Morgan fingerprint density at radius 1 is 1.30 bits per heavy atom.